The van der Waals surface area contributed by atoms with Gasteiger partial charge < -0.3 is 9.53 Å². The SMILES string of the molecule is CCCCCCC(O)C(=O)O[Si](C)(C)C(C)(C)C. The maximum atomic E-state index is 11.8. The first-order chi connectivity index (χ1) is 8.12. The number of carbonyl (C=O) groups excluding carboxylic acids is 1. The van der Waals surface area contributed by atoms with Crippen LogP contribution < -0.4 is 0 Å². The molecule has 0 aliphatic carbocycles. The molecule has 3 nitrogen and oxygen atoms in total. The normalized spacial score (nSPS) is 14.4. The fourth-order valence-electron chi connectivity index (χ4n) is 1.35. The van der Waals surface area contributed by atoms with Gasteiger partial charge in [0.25, 0.3) is 8.32 Å². The Morgan fingerprint density at radius 2 is 1.78 bits per heavy atom. The highest BCUT2D eigenvalue weighted by Crippen LogP contribution is 2.36. The van der Waals surface area contributed by atoms with Crippen molar-refractivity contribution in [1.82, 2.24) is 0 Å². The summed E-state index contributed by atoms with van der Waals surface area (Å²) >= 11 is 0. The predicted octanol–water partition coefficient (Wildman–Crippen LogP) is 3.87. The van der Waals surface area contributed by atoms with Crippen LogP contribution in [0.2, 0.25) is 18.1 Å². The molecule has 1 atom stereocenters. The molecule has 0 bridgehead atoms. The van der Waals surface area contributed by atoms with Gasteiger partial charge in [-0.25, -0.2) is 0 Å². The zero-order valence-corrected chi connectivity index (χ0v) is 13.9. The lowest BCUT2D eigenvalue weighted by Gasteiger charge is -2.36. The van der Waals surface area contributed by atoms with E-state index in [1.54, 1.807) is 0 Å². The van der Waals surface area contributed by atoms with E-state index >= 15 is 0 Å². The molecule has 18 heavy (non-hydrogen) atoms. The lowest BCUT2D eigenvalue weighted by Crippen LogP contribution is -2.45. The Labute approximate surface area is 113 Å². The average Bonchev–Trinajstić information content (AvgIpc) is 2.21. The van der Waals surface area contributed by atoms with Crippen molar-refractivity contribution in [3.63, 3.8) is 0 Å². The monoisotopic (exact) mass is 274 g/mol. The predicted molar refractivity (Wildman–Crippen MR) is 78.1 cm³/mol. The molecule has 0 saturated heterocycles. The summed E-state index contributed by atoms with van der Waals surface area (Å²) in [6.45, 7) is 12.4. The standard InChI is InChI=1S/C14H30O3Si/c1-7-8-9-10-11-12(15)13(16)17-18(5,6)14(2,3)4/h12,15H,7-11H2,1-6H3. The third-order valence-corrected chi connectivity index (χ3v) is 8.09. The Balaban J connectivity index is 4.16. The number of unbranched alkanes of at least 4 members (excludes halogenated alkanes) is 3. The Hall–Kier alpha value is -0.353. The van der Waals surface area contributed by atoms with Gasteiger partial charge in [-0.2, -0.15) is 0 Å². The van der Waals surface area contributed by atoms with Crippen molar-refractivity contribution in [2.24, 2.45) is 0 Å². The first-order valence-electron chi connectivity index (χ1n) is 7.02. The van der Waals surface area contributed by atoms with E-state index in [0.29, 0.717) is 6.42 Å². The van der Waals surface area contributed by atoms with Gasteiger partial charge in [0.15, 0.2) is 0 Å². The largest absolute Gasteiger partial charge is 0.517 e. The van der Waals surface area contributed by atoms with Crippen LogP contribution in [0.1, 0.15) is 59.8 Å². The van der Waals surface area contributed by atoms with Gasteiger partial charge in [-0.3, -0.25) is 4.79 Å². The van der Waals surface area contributed by atoms with E-state index < -0.39 is 20.4 Å². The topological polar surface area (TPSA) is 46.5 Å². The summed E-state index contributed by atoms with van der Waals surface area (Å²) in [6, 6.07) is 0. The van der Waals surface area contributed by atoms with Crippen molar-refractivity contribution in [3.05, 3.63) is 0 Å². The molecule has 1 unspecified atom stereocenters. The molecular formula is C14H30O3Si. The van der Waals surface area contributed by atoms with Gasteiger partial charge in [-0.15, -0.1) is 0 Å². The maximum absolute atomic E-state index is 11.8. The maximum Gasteiger partial charge on any atom is 0.321 e. The van der Waals surface area contributed by atoms with E-state index in [-0.39, 0.29) is 5.04 Å². The number of carbonyl (C=O) groups is 1. The number of rotatable bonds is 7. The highest BCUT2D eigenvalue weighted by atomic mass is 28.4. The number of aliphatic hydroxyl groups is 1. The molecule has 0 saturated carbocycles. The summed E-state index contributed by atoms with van der Waals surface area (Å²) in [7, 11) is -2.09. The minimum Gasteiger partial charge on any atom is -0.517 e. The Morgan fingerprint density at radius 3 is 2.22 bits per heavy atom. The molecule has 0 fully saturated rings. The quantitative estimate of drug-likeness (QED) is 0.566. The minimum absolute atomic E-state index is 0.00933. The van der Waals surface area contributed by atoms with Crippen molar-refractivity contribution in [2.45, 2.75) is 84.0 Å². The Kier molecular flexibility index (Phi) is 7.15. The third-order valence-electron chi connectivity index (χ3n) is 3.77. The van der Waals surface area contributed by atoms with Crippen LogP contribution >= 0.6 is 0 Å². The van der Waals surface area contributed by atoms with E-state index in [9.17, 15) is 9.90 Å². The number of hydrogen-bond acceptors (Lipinski definition) is 3. The molecule has 0 aliphatic rings. The second-order valence-corrected chi connectivity index (χ2v) is 11.3. The third kappa shape index (κ3) is 6.00. The fourth-order valence-corrected chi connectivity index (χ4v) is 2.30. The Bertz CT molecular complexity index is 256. The van der Waals surface area contributed by atoms with E-state index in [4.69, 9.17) is 4.43 Å². The van der Waals surface area contributed by atoms with Crippen molar-refractivity contribution in [2.75, 3.05) is 0 Å². The first kappa shape index (κ1) is 17.6. The van der Waals surface area contributed by atoms with E-state index in [1.165, 1.54) is 0 Å². The van der Waals surface area contributed by atoms with Crippen molar-refractivity contribution < 1.29 is 14.3 Å². The smallest absolute Gasteiger partial charge is 0.321 e. The molecule has 4 heteroatoms. The lowest BCUT2D eigenvalue weighted by atomic mass is 10.1. The number of hydrogen-bond donors (Lipinski definition) is 1. The highest BCUT2D eigenvalue weighted by Gasteiger charge is 2.41. The molecule has 0 aromatic rings. The molecule has 0 rings (SSSR count). The molecule has 0 aromatic heterocycles. The van der Waals surface area contributed by atoms with Crippen molar-refractivity contribution in [3.8, 4) is 0 Å². The van der Waals surface area contributed by atoms with Gasteiger partial charge in [0.1, 0.15) is 6.10 Å². The summed E-state index contributed by atoms with van der Waals surface area (Å²) in [4.78, 5) is 11.8. The molecule has 0 heterocycles. The van der Waals surface area contributed by atoms with Gasteiger partial charge in [0.2, 0.25) is 0 Å². The summed E-state index contributed by atoms with van der Waals surface area (Å²) in [5.41, 5.74) is 0. The average molecular weight is 274 g/mol. The summed E-state index contributed by atoms with van der Waals surface area (Å²) in [5.74, 6) is -0.432. The molecule has 1 N–H and O–H groups in total. The van der Waals surface area contributed by atoms with Crippen LogP contribution in [-0.4, -0.2) is 25.5 Å². The lowest BCUT2D eigenvalue weighted by molar-refractivity contribution is -0.145. The van der Waals surface area contributed by atoms with E-state index in [0.717, 1.165) is 25.7 Å². The molecule has 108 valence electrons. The van der Waals surface area contributed by atoms with E-state index in [2.05, 4.69) is 27.7 Å². The molecule has 0 aliphatic heterocycles. The van der Waals surface area contributed by atoms with Crippen molar-refractivity contribution >= 4 is 14.3 Å². The van der Waals surface area contributed by atoms with Crippen LogP contribution in [0.5, 0.6) is 0 Å². The van der Waals surface area contributed by atoms with Crippen molar-refractivity contribution in [1.29, 1.82) is 0 Å². The highest BCUT2D eigenvalue weighted by molar-refractivity contribution is 6.75. The second kappa shape index (κ2) is 7.29. The summed E-state index contributed by atoms with van der Waals surface area (Å²) < 4.78 is 5.57. The van der Waals surface area contributed by atoms with Gasteiger partial charge in [-0.05, 0) is 24.6 Å². The molecule has 0 radical (unpaired) electrons. The minimum atomic E-state index is -2.09. The molecular weight excluding hydrogens is 244 g/mol. The second-order valence-electron chi connectivity index (χ2n) is 6.55. The number of aliphatic hydroxyl groups excluding tert-OH is 1. The van der Waals surface area contributed by atoms with Crippen LogP contribution in [0.15, 0.2) is 0 Å². The Morgan fingerprint density at radius 1 is 1.22 bits per heavy atom. The zero-order chi connectivity index (χ0) is 14.4. The fraction of sp³-hybridized carbons (Fsp3) is 0.929. The van der Waals surface area contributed by atoms with Gasteiger partial charge in [0, 0.05) is 0 Å². The molecule has 0 spiro atoms. The van der Waals surface area contributed by atoms with E-state index in [1.807, 2.05) is 13.1 Å². The van der Waals surface area contributed by atoms with Crippen LogP contribution in [0.4, 0.5) is 0 Å². The summed E-state index contributed by atoms with van der Waals surface area (Å²) in [6.07, 6.45) is 3.85. The van der Waals surface area contributed by atoms with Crippen LogP contribution in [0.25, 0.3) is 0 Å². The molecule has 0 amide bonds. The summed E-state index contributed by atoms with van der Waals surface area (Å²) in [5, 5.41) is 9.78. The van der Waals surface area contributed by atoms with Gasteiger partial charge in [-0.1, -0.05) is 53.4 Å². The van der Waals surface area contributed by atoms with Crippen LogP contribution in [0.3, 0.4) is 0 Å². The molecule has 0 aromatic carbocycles. The van der Waals surface area contributed by atoms with Gasteiger partial charge in [0.05, 0.1) is 0 Å². The first-order valence-corrected chi connectivity index (χ1v) is 9.93. The van der Waals surface area contributed by atoms with Crippen LogP contribution in [-0.2, 0) is 9.22 Å². The van der Waals surface area contributed by atoms with Gasteiger partial charge >= 0.3 is 5.97 Å². The zero-order valence-electron chi connectivity index (χ0n) is 12.9. The van der Waals surface area contributed by atoms with Crippen LogP contribution in [0, 0.1) is 0 Å².